The summed E-state index contributed by atoms with van der Waals surface area (Å²) in [5, 5.41) is 2.33. The molecule has 0 saturated heterocycles. The van der Waals surface area contributed by atoms with Crippen LogP contribution in [0.3, 0.4) is 0 Å². The molecule has 0 aliphatic heterocycles. The number of benzene rings is 3. The van der Waals surface area contributed by atoms with Crippen molar-refractivity contribution in [1.29, 1.82) is 0 Å². The van der Waals surface area contributed by atoms with Crippen molar-refractivity contribution in [1.82, 2.24) is 14.1 Å². The predicted octanol–water partition coefficient (Wildman–Crippen LogP) is 4.44. The maximum atomic E-state index is 13.9. The van der Waals surface area contributed by atoms with Crippen LogP contribution in [0.5, 0.6) is 0 Å². The molecule has 2 N–H and O–H groups in total. The minimum atomic E-state index is -4.16. The second-order valence-electron chi connectivity index (χ2n) is 6.71. The van der Waals surface area contributed by atoms with Gasteiger partial charge in [-0.1, -0.05) is 6.07 Å². The van der Waals surface area contributed by atoms with Gasteiger partial charge in [-0.3, -0.25) is 9.52 Å². The molecule has 0 bridgehead atoms. The van der Waals surface area contributed by atoms with Crippen LogP contribution in [0.1, 0.15) is 15.9 Å². The van der Waals surface area contributed by atoms with Crippen LogP contribution in [0.2, 0.25) is 0 Å². The Morgan fingerprint density at radius 3 is 2.48 bits per heavy atom. The van der Waals surface area contributed by atoms with Crippen molar-refractivity contribution < 1.29 is 26.4 Å². The number of hydrogen-bond donors (Lipinski definition) is 2. The average Bonchev–Trinajstić information content (AvgIpc) is 3.21. The zero-order chi connectivity index (χ0) is 23.8. The molecule has 0 saturated carbocycles. The molecule has 0 fully saturated rings. The van der Waals surface area contributed by atoms with E-state index in [1.165, 1.54) is 24.3 Å². The maximum absolute atomic E-state index is 13.9. The lowest BCUT2D eigenvalue weighted by atomic mass is 10.1. The van der Waals surface area contributed by atoms with Crippen molar-refractivity contribution in [2.75, 3.05) is 4.72 Å². The normalized spacial score (nSPS) is 11.5. The van der Waals surface area contributed by atoms with E-state index in [0.29, 0.717) is 21.2 Å². The second-order valence-corrected chi connectivity index (χ2v) is 10.1. The monoisotopic (exact) mass is 604 g/mol. The van der Waals surface area contributed by atoms with Crippen molar-refractivity contribution in [3.63, 3.8) is 0 Å². The summed E-state index contributed by atoms with van der Waals surface area (Å²) in [4.78, 5) is 12.6. The number of nitrogens with one attached hydrogen (secondary N) is 2. The zero-order valence-corrected chi connectivity index (χ0v) is 20.1. The standard InChI is InChI=1S/C20H12F3IN4O3S2/c21-10-6-14(22)13(15(23)7-10)9-25-20(29)12-5-4-11(24)8-17(12)28-33(30,31)18-3-1-2-16-19(18)27-32-26-16/h1-8,28H,9H2,(H,25,29). The Hall–Kier alpha value is -2.78. The summed E-state index contributed by atoms with van der Waals surface area (Å²) in [6.07, 6.45) is 0. The fourth-order valence-electron chi connectivity index (χ4n) is 3.00. The van der Waals surface area contributed by atoms with Gasteiger partial charge in [-0.2, -0.15) is 8.75 Å². The fraction of sp³-hybridized carbons (Fsp3) is 0.0500. The van der Waals surface area contributed by atoms with E-state index in [1.54, 1.807) is 12.1 Å². The molecule has 1 heterocycles. The highest BCUT2D eigenvalue weighted by atomic mass is 127. The van der Waals surface area contributed by atoms with Gasteiger partial charge in [0.05, 0.1) is 23.0 Å². The Bertz CT molecular complexity index is 1470. The topological polar surface area (TPSA) is 101 Å². The third kappa shape index (κ3) is 4.94. The third-order valence-corrected chi connectivity index (χ3v) is 7.15. The Kier molecular flexibility index (Phi) is 6.54. The van der Waals surface area contributed by atoms with Gasteiger partial charge in [0.15, 0.2) is 0 Å². The number of hydrogen-bond acceptors (Lipinski definition) is 6. The van der Waals surface area contributed by atoms with Gasteiger partial charge in [0.25, 0.3) is 15.9 Å². The minimum Gasteiger partial charge on any atom is -0.348 e. The molecule has 7 nitrogen and oxygen atoms in total. The van der Waals surface area contributed by atoms with Gasteiger partial charge in [-0.05, 0) is 52.9 Å². The van der Waals surface area contributed by atoms with Crippen molar-refractivity contribution in [2.45, 2.75) is 11.4 Å². The number of rotatable bonds is 6. The number of sulfonamides is 1. The van der Waals surface area contributed by atoms with Crippen molar-refractivity contribution >= 4 is 67.0 Å². The third-order valence-electron chi connectivity index (χ3n) is 4.54. The van der Waals surface area contributed by atoms with E-state index in [0.717, 1.165) is 11.7 Å². The molecule has 1 amide bonds. The van der Waals surface area contributed by atoms with Gasteiger partial charge in [0, 0.05) is 27.8 Å². The minimum absolute atomic E-state index is 0.0420. The zero-order valence-electron chi connectivity index (χ0n) is 16.3. The van der Waals surface area contributed by atoms with E-state index in [9.17, 15) is 26.4 Å². The first-order valence-electron chi connectivity index (χ1n) is 9.11. The number of amides is 1. The first-order chi connectivity index (χ1) is 15.7. The van der Waals surface area contributed by atoms with Crippen molar-refractivity contribution in [3.8, 4) is 0 Å². The smallest absolute Gasteiger partial charge is 0.264 e. The maximum Gasteiger partial charge on any atom is 0.264 e. The van der Waals surface area contributed by atoms with Crippen LogP contribution in [0.4, 0.5) is 18.9 Å². The van der Waals surface area contributed by atoms with Crippen molar-refractivity contribution in [2.24, 2.45) is 0 Å². The van der Waals surface area contributed by atoms with Gasteiger partial charge in [-0.15, -0.1) is 0 Å². The van der Waals surface area contributed by atoms with Gasteiger partial charge in [-0.25, -0.2) is 21.6 Å². The highest BCUT2D eigenvalue weighted by molar-refractivity contribution is 14.1. The van der Waals surface area contributed by atoms with E-state index in [1.807, 2.05) is 22.6 Å². The first-order valence-corrected chi connectivity index (χ1v) is 12.4. The summed E-state index contributed by atoms with van der Waals surface area (Å²) < 4.78 is 78.0. The van der Waals surface area contributed by atoms with Gasteiger partial charge in [0.2, 0.25) is 0 Å². The summed E-state index contributed by atoms with van der Waals surface area (Å²) in [6, 6.07) is 9.88. The predicted molar refractivity (Wildman–Crippen MR) is 125 cm³/mol. The van der Waals surface area contributed by atoms with Gasteiger partial charge >= 0.3 is 0 Å². The van der Waals surface area contributed by atoms with E-state index in [4.69, 9.17) is 0 Å². The molecule has 0 unspecified atom stereocenters. The number of anilines is 1. The van der Waals surface area contributed by atoms with Crippen LogP contribution in [0.25, 0.3) is 11.0 Å². The summed E-state index contributed by atoms with van der Waals surface area (Å²) in [5.41, 5.74) is -0.0500. The molecule has 170 valence electrons. The molecule has 13 heteroatoms. The molecule has 3 aromatic carbocycles. The van der Waals surface area contributed by atoms with E-state index in [2.05, 4.69) is 18.8 Å². The van der Waals surface area contributed by atoms with Crippen molar-refractivity contribution in [3.05, 3.63) is 80.7 Å². The van der Waals surface area contributed by atoms with Gasteiger partial charge < -0.3 is 5.32 Å². The van der Waals surface area contributed by atoms with Crippen LogP contribution >= 0.6 is 34.3 Å². The van der Waals surface area contributed by atoms with Crippen LogP contribution < -0.4 is 10.0 Å². The molecule has 0 radical (unpaired) electrons. The van der Waals surface area contributed by atoms with E-state index in [-0.39, 0.29) is 21.7 Å². The number of carbonyl (C=O) groups is 1. The molecule has 33 heavy (non-hydrogen) atoms. The van der Waals surface area contributed by atoms with Crippen LogP contribution in [-0.2, 0) is 16.6 Å². The van der Waals surface area contributed by atoms with Crippen LogP contribution in [-0.4, -0.2) is 23.1 Å². The fourth-order valence-corrected chi connectivity index (χ4v) is 5.33. The molecule has 0 aliphatic rings. The molecule has 0 spiro atoms. The van der Waals surface area contributed by atoms with Crippen LogP contribution in [0, 0.1) is 21.0 Å². The van der Waals surface area contributed by atoms with Gasteiger partial charge in [0.1, 0.15) is 33.4 Å². The molecular weight excluding hydrogens is 592 g/mol. The Morgan fingerprint density at radius 2 is 1.76 bits per heavy atom. The SMILES string of the molecule is O=C(NCc1c(F)cc(F)cc1F)c1ccc(I)cc1NS(=O)(=O)c1cccc2nsnc12. The first kappa shape index (κ1) is 23.4. The summed E-state index contributed by atoms with van der Waals surface area (Å²) in [6.45, 7) is -0.571. The summed E-state index contributed by atoms with van der Waals surface area (Å²) in [7, 11) is -4.16. The molecular formula is C20H12F3IN4O3S2. The Morgan fingerprint density at radius 1 is 1.03 bits per heavy atom. The molecule has 4 rings (SSSR count). The van der Waals surface area contributed by atoms with E-state index >= 15 is 0 Å². The lowest BCUT2D eigenvalue weighted by Crippen LogP contribution is -2.26. The number of fused-ring (bicyclic) bond motifs is 1. The summed E-state index contributed by atoms with van der Waals surface area (Å²) in [5.74, 6) is -4.18. The summed E-state index contributed by atoms with van der Waals surface area (Å²) >= 11 is 2.81. The van der Waals surface area contributed by atoms with Crippen LogP contribution in [0.15, 0.2) is 53.4 Å². The average molecular weight is 604 g/mol. The molecule has 0 atom stereocenters. The Labute approximate surface area is 203 Å². The molecule has 4 aromatic rings. The molecule has 0 aliphatic carbocycles. The second kappa shape index (κ2) is 9.23. The largest absolute Gasteiger partial charge is 0.348 e. The molecule has 1 aromatic heterocycles. The Balaban J connectivity index is 1.63. The van der Waals surface area contributed by atoms with E-state index < -0.39 is 45.5 Å². The number of nitrogens with zero attached hydrogens (tertiary/aromatic N) is 2. The lowest BCUT2D eigenvalue weighted by molar-refractivity contribution is 0.0951. The highest BCUT2D eigenvalue weighted by Crippen LogP contribution is 2.26. The highest BCUT2D eigenvalue weighted by Gasteiger charge is 2.23. The lowest BCUT2D eigenvalue weighted by Gasteiger charge is -2.14. The quantitative estimate of drug-likeness (QED) is 0.317. The number of halogens is 4. The number of carbonyl (C=O) groups excluding carboxylic acids is 1. The number of aromatic nitrogens is 2.